The van der Waals surface area contributed by atoms with Crippen LogP contribution in [0.25, 0.3) is 0 Å². The maximum Gasteiger partial charge on any atom is 0.410 e. The van der Waals surface area contributed by atoms with Gasteiger partial charge in [-0.3, -0.25) is 4.98 Å². The summed E-state index contributed by atoms with van der Waals surface area (Å²) in [6.45, 7) is 7.98. The lowest BCUT2D eigenvalue weighted by Gasteiger charge is -2.40. The molecular formula is C17H27N3O2S. The van der Waals surface area contributed by atoms with Crippen LogP contribution >= 0.6 is 11.3 Å². The third-order valence-corrected chi connectivity index (χ3v) is 5.66. The Labute approximate surface area is 142 Å². The topological polar surface area (TPSA) is 54.5 Å². The quantitative estimate of drug-likeness (QED) is 0.913. The molecular weight excluding hydrogens is 310 g/mol. The first-order valence-electron chi connectivity index (χ1n) is 8.49. The fraction of sp³-hybridized carbons (Fsp3) is 0.765. The van der Waals surface area contributed by atoms with Crippen LogP contribution in [0, 0.1) is 0 Å². The lowest BCUT2D eigenvalue weighted by Crippen LogP contribution is -2.52. The van der Waals surface area contributed by atoms with E-state index >= 15 is 0 Å². The second-order valence-electron chi connectivity index (χ2n) is 7.73. The summed E-state index contributed by atoms with van der Waals surface area (Å²) in [5.74, 6) is 0. The average Bonchev–Trinajstić information content (AvgIpc) is 3.04. The highest BCUT2D eigenvalue weighted by molar-refractivity contribution is 7.09. The van der Waals surface area contributed by atoms with Gasteiger partial charge < -0.3 is 15.0 Å². The van der Waals surface area contributed by atoms with Crippen molar-refractivity contribution in [2.75, 3.05) is 0 Å². The lowest BCUT2D eigenvalue weighted by atomic mass is 9.97. The minimum atomic E-state index is -0.424. The van der Waals surface area contributed by atoms with Crippen LogP contribution in [0.2, 0.25) is 0 Å². The van der Waals surface area contributed by atoms with Gasteiger partial charge in [-0.1, -0.05) is 0 Å². The highest BCUT2D eigenvalue weighted by Crippen LogP contribution is 2.37. The number of piperidine rings is 1. The van der Waals surface area contributed by atoms with Gasteiger partial charge in [-0.2, -0.15) is 0 Å². The van der Waals surface area contributed by atoms with E-state index in [9.17, 15) is 4.79 Å². The normalized spacial score (nSPS) is 28.7. The summed E-state index contributed by atoms with van der Waals surface area (Å²) >= 11 is 1.69. The molecule has 3 heterocycles. The van der Waals surface area contributed by atoms with Crippen molar-refractivity contribution in [3.63, 3.8) is 0 Å². The number of nitrogens with zero attached hydrogens (tertiary/aromatic N) is 2. The van der Waals surface area contributed by atoms with Gasteiger partial charge in [0, 0.05) is 35.2 Å². The second kappa shape index (κ2) is 6.40. The number of ether oxygens (including phenoxy) is 1. The van der Waals surface area contributed by atoms with Crippen molar-refractivity contribution >= 4 is 17.4 Å². The molecule has 2 saturated heterocycles. The van der Waals surface area contributed by atoms with E-state index in [0.717, 1.165) is 25.7 Å². The summed E-state index contributed by atoms with van der Waals surface area (Å²) < 4.78 is 5.59. The van der Waals surface area contributed by atoms with E-state index in [4.69, 9.17) is 4.74 Å². The van der Waals surface area contributed by atoms with Gasteiger partial charge in [0.2, 0.25) is 0 Å². The zero-order chi connectivity index (χ0) is 16.6. The molecule has 23 heavy (non-hydrogen) atoms. The van der Waals surface area contributed by atoms with Crippen molar-refractivity contribution in [3.05, 3.63) is 16.6 Å². The summed E-state index contributed by atoms with van der Waals surface area (Å²) in [6, 6.07) is 1.41. The summed E-state index contributed by atoms with van der Waals surface area (Å²) in [7, 11) is 0. The van der Waals surface area contributed by atoms with Crippen molar-refractivity contribution < 1.29 is 9.53 Å². The minimum Gasteiger partial charge on any atom is -0.444 e. The Hall–Kier alpha value is -1.14. The molecule has 2 fully saturated rings. The molecule has 128 valence electrons. The number of nitrogens with one attached hydrogen (secondary N) is 1. The van der Waals surface area contributed by atoms with Gasteiger partial charge in [0.15, 0.2) is 0 Å². The Morgan fingerprint density at radius 3 is 2.57 bits per heavy atom. The van der Waals surface area contributed by atoms with Crippen LogP contribution in [-0.2, 0) is 4.74 Å². The van der Waals surface area contributed by atoms with Gasteiger partial charge in [-0.05, 0) is 53.4 Å². The molecule has 3 atom stereocenters. The molecule has 0 aromatic carbocycles. The van der Waals surface area contributed by atoms with Crippen LogP contribution in [0.4, 0.5) is 4.79 Å². The standard InChI is InChI=1S/C17H27N3O2S/c1-11(15-9-18-10-23-15)19-12-7-13-5-6-14(8-12)20(13)16(21)22-17(2,3)4/h9-14,19H,5-8H2,1-4H3. The molecule has 2 aliphatic rings. The van der Waals surface area contributed by atoms with Crippen LogP contribution in [0.3, 0.4) is 0 Å². The molecule has 3 rings (SSSR count). The Bertz CT molecular complexity index is 527. The van der Waals surface area contributed by atoms with Gasteiger partial charge in [-0.15, -0.1) is 11.3 Å². The number of thiazole rings is 1. The van der Waals surface area contributed by atoms with E-state index in [2.05, 4.69) is 17.2 Å². The van der Waals surface area contributed by atoms with Crippen molar-refractivity contribution in [2.24, 2.45) is 0 Å². The number of carbonyl (C=O) groups excluding carboxylic acids is 1. The second-order valence-corrected chi connectivity index (χ2v) is 8.65. The summed E-state index contributed by atoms with van der Waals surface area (Å²) in [5, 5.41) is 3.72. The lowest BCUT2D eigenvalue weighted by molar-refractivity contribution is 0.00437. The van der Waals surface area contributed by atoms with Crippen LogP contribution in [-0.4, -0.2) is 39.7 Å². The predicted molar refractivity (Wildman–Crippen MR) is 91.6 cm³/mol. The van der Waals surface area contributed by atoms with Crippen molar-refractivity contribution in [2.45, 2.75) is 83.1 Å². The van der Waals surface area contributed by atoms with Gasteiger partial charge in [0.25, 0.3) is 0 Å². The molecule has 0 radical (unpaired) electrons. The molecule has 1 N–H and O–H groups in total. The molecule has 1 amide bonds. The molecule has 2 bridgehead atoms. The molecule has 0 aliphatic carbocycles. The Morgan fingerprint density at radius 2 is 2.04 bits per heavy atom. The summed E-state index contributed by atoms with van der Waals surface area (Å²) in [6.07, 6.45) is 6.01. The largest absolute Gasteiger partial charge is 0.444 e. The number of amides is 1. The predicted octanol–water partition coefficient (Wildman–Crippen LogP) is 3.72. The molecule has 1 aromatic heterocycles. The van der Waals surface area contributed by atoms with Gasteiger partial charge in [-0.25, -0.2) is 4.79 Å². The van der Waals surface area contributed by atoms with Crippen LogP contribution < -0.4 is 5.32 Å². The number of carbonyl (C=O) groups is 1. The molecule has 5 nitrogen and oxygen atoms in total. The van der Waals surface area contributed by atoms with Gasteiger partial charge in [0.05, 0.1) is 5.51 Å². The Balaban J connectivity index is 1.59. The number of fused-ring (bicyclic) bond motifs is 2. The van der Waals surface area contributed by atoms with E-state index in [0.29, 0.717) is 24.2 Å². The van der Waals surface area contributed by atoms with E-state index in [1.54, 1.807) is 11.3 Å². The van der Waals surface area contributed by atoms with Gasteiger partial charge in [0.1, 0.15) is 5.60 Å². The highest BCUT2D eigenvalue weighted by Gasteiger charge is 2.44. The van der Waals surface area contributed by atoms with Crippen molar-refractivity contribution in [1.29, 1.82) is 0 Å². The monoisotopic (exact) mass is 337 g/mol. The summed E-state index contributed by atoms with van der Waals surface area (Å²) in [5.41, 5.74) is 1.45. The Kier molecular flexibility index (Phi) is 4.65. The number of hydrogen-bond donors (Lipinski definition) is 1. The first-order chi connectivity index (χ1) is 10.8. The van der Waals surface area contributed by atoms with Crippen LogP contribution in [0.15, 0.2) is 11.7 Å². The maximum atomic E-state index is 12.5. The SMILES string of the molecule is CC(NC1CC2CCC(C1)N2C(=O)OC(C)(C)C)c1cncs1. The smallest absolute Gasteiger partial charge is 0.410 e. The third kappa shape index (κ3) is 3.86. The molecule has 6 heteroatoms. The number of aromatic nitrogens is 1. The zero-order valence-electron chi connectivity index (χ0n) is 14.4. The fourth-order valence-electron chi connectivity index (χ4n) is 3.80. The van der Waals surface area contributed by atoms with E-state index in [1.165, 1.54) is 4.88 Å². The maximum absolute atomic E-state index is 12.5. The number of rotatable bonds is 3. The van der Waals surface area contributed by atoms with Crippen molar-refractivity contribution in [1.82, 2.24) is 15.2 Å². The highest BCUT2D eigenvalue weighted by atomic mass is 32.1. The molecule has 3 unspecified atom stereocenters. The third-order valence-electron chi connectivity index (χ3n) is 4.70. The molecule has 1 aromatic rings. The van der Waals surface area contributed by atoms with Crippen LogP contribution in [0.1, 0.15) is 64.3 Å². The molecule has 0 spiro atoms. The van der Waals surface area contributed by atoms with E-state index < -0.39 is 5.60 Å². The minimum absolute atomic E-state index is 0.140. The average molecular weight is 337 g/mol. The van der Waals surface area contributed by atoms with Crippen molar-refractivity contribution in [3.8, 4) is 0 Å². The zero-order valence-corrected chi connectivity index (χ0v) is 15.2. The first kappa shape index (κ1) is 16.7. The van der Waals surface area contributed by atoms with E-state index in [-0.39, 0.29) is 6.09 Å². The first-order valence-corrected chi connectivity index (χ1v) is 9.37. The molecule has 0 saturated carbocycles. The number of hydrogen-bond acceptors (Lipinski definition) is 5. The fourth-order valence-corrected chi connectivity index (χ4v) is 4.44. The van der Waals surface area contributed by atoms with E-state index in [1.807, 2.05) is 37.4 Å². The van der Waals surface area contributed by atoms with Gasteiger partial charge >= 0.3 is 6.09 Å². The molecule has 2 aliphatic heterocycles. The summed E-state index contributed by atoms with van der Waals surface area (Å²) in [4.78, 5) is 19.9. The Morgan fingerprint density at radius 1 is 1.39 bits per heavy atom. The van der Waals surface area contributed by atoms with Crippen LogP contribution in [0.5, 0.6) is 0 Å².